The molecular formula is C20H30N2O2. The van der Waals surface area contributed by atoms with Gasteiger partial charge in [-0.3, -0.25) is 4.90 Å². The van der Waals surface area contributed by atoms with E-state index < -0.39 is 5.60 Å². The molecule has 1 amide bonds. The molecule has 0 spiro atoms. The fourth-order valence-electron chi connectivity index (χ4n) is 4.17. The van der Waals surface area contributed by atoms with Crippen LogP contribution in [0.15, 0.2) is 30.3 Å². The summed E-state index contributed by atoms with van der Waals surface area (Å²) in [6.45, 7) is 8.95. The van der Waals surface area contributed by atoms with E-state index in [9.17, 15) is 4.79 Å². The highest BCUT2D eigenvalue weighted by molar-refractivity contribution is 5.68. The van der Waals surface area contributed by atoms with E-state index in [0.717, 1.165) is 26.1 Å². The van der Waals surface area contributed by atoms with Gasteiger partial charge in [0.05, 0.1) is 0 Å². The number of hydrogen-bond donors (Lipinski definition) is 1. The van der Waals surface area contributed by atoms with Crippen molar-refractivity contribution in [3.63, 3.8) is 0 Å². The van der Waals surface area contributed by atoms with Gasteiger partial charge in [-0.05, 0) is 51.0 Å². The number of alkyl carbamates (subject to hydrolysis) is 1. The third-order valence-corrected chi connectivity index (χ3v) is 5.13. The van der Waals surface area contributed by atoms with Crippen molar-refractivity contribution in [1.29, 1.82) is 0 Å². The molecule has 0 aromatic heterocycles. The van der Waals surface area contributed by atoms with Gasteiger partial charge in [-0.2, -0.15) is 0 Å². The number of likely N-dealkylation sites (tertiary alicyclic amines) is 1. The van der Waals surface area contributed by atoms with Gasteiger partial charge in [0.25, 0.3) is 0 Å². The second-order valence-corrected chi connectivity index (χ2v) is 8.29. The molecular weight excluding hydrogens is 300 g/mol. The Morgan fingerprint density at radius 3 is 2.67 bits per heavy atom. The smallest absolute Gasteiger partial charge is 0.407 e. The van der Waals surface area contributed by atoms with E-state index in [2.05, 4.69) is 40.5 Å². The monoisotopic (exact) mass is 330 g/mol. The van der Waals surface area contributed by atoms with Gasteiger partial charge in [0.1, 0.15) is 5.60 Å². The Morgan fingerprint density at radius 2 is 1.96 bits per heavy atom. The SMILES string of the molecule is CC(C)(C)OC(=O)N[C@H]1CCC[C@H]2CN(Cc3ccccc3)C[C@H]21. The zero-order valence-corrected chi connectivity index (χ0v) is 15.1. The predicted octanol–water partition coefficient (Wildman–Crippen LogP) is 3.81. The fraction of sp³-hybridized carbons (Fsp3) is 0.650. The number of ether oxygens (including phenoxy) is 1. The Bertz CT molecular complexity index is 553. The largest absolute Gasteiger partial charge is 0.444 e. The molecule has 3 atom stereocenters. The summed E-state index contributed by atoms with van der Waals surface area (Å²) in [7, 11) is 0. The Hall–Kier alpha value is -1.55. The number of carbonyl (C=O) groups is 1. The predicted molar refractivity (Wildman–Crippen MR) is 95.7 cm³/mol. The third-order valence-electron chi connectivity index (χ3n) is 5.13. The number of rotatable bonds is 3. The molecule has 1 N–H and O–H groups in total. The van der Waals surface area contributed by atoms with Gasteiger partial charge in [0, 0.05) is 25.7 Å². The van der Waals surface area contributed by atoms with Crippen molar-refractivity contribution in [2.24, 2.45) is 11.8 Å². The van der Waals surface area contributed by atoms with Crippen molar-refractivity contribution in [3.05, 3.63) is 35.9 Å². The molecule has 2 fully saturated rings. The summed E-state index contributed by atoms with van der Waals surface area (Å²) >= 11 is 0. The maximum Gasteiger partial charge on any atom is 0.407 e. The number of amides is 1. The molecule has 1 saturated carbocycles. The molecule has 4 nitrogen and oxygen atoms in total. The standard InChI is InChI=1S/C20H30N2O2/c1-20(2,3)24-19(23)21-18-11-7-10-16-13-22(14-17(16)18)12-15-8-5-4-6-9-15/h4-6,8-9,16-18H,7,10-14H2,1-3H3,(H,21,23)/t16-,17+,18-/m0/s1. The lowest BCUT2D eigenvalue weighted by atomic mass is 9.78. The molecule has 1 saturated heterocycles. The van der Waals surface area contributed by atoms with E-state index in [1.165, 1.54) is 18.4 Å². The first-order valence-corrected chi connectivity index (χ1v) is 9.16. The highest BCUT2D eigenvalue weighted by Crippen LogP contribution is 2.37. The van der Waals surface area contributed by atoms with Crippen LogP contribution in [0, 0.1) is 11.8 Å². The first-order chi connectivity index (χ1) is 11.4. The summed E-state index contributed by atoms with van der Waals surface area (Å²) in [6, 6.07) is 10.9. The highest BCUT2D eigenvalue weighted by Gasteiger charge is 2.41. The summed E-state index contributed by atoms with van der Waals surface area (Å²) in [6.07, 6.45) is 3.28. The maximum atomic E-state index is 12.1. The number of hydrogen-bond acceptors (Lipinski definition) is 3. The van der Waals surface area contributed by atoms with Crippen LogP contribution >= 0.6 is 0 Å². The van der Waals surface area contributed by atoms with Crippen LogP contribution in [-0.4, -0.2) is 35.7 Å². The van der Waals surface area contributed by atoms with Crippen LogP contribution in [0.1, 0.15) is 45.6 Å². The molecule has 24 heavy (non-hydrogen) atoms. The lowest BCUT2D eigenvalue weighted by Gasteiger charge is -2.34. The lowest BCUT2D eigenvalue weighted by Crippen LogP contribution is -2.47. The molecule has 1 aliphatic heterocycles. The molecule has 3 rings (SSSR count). The van der Waals surface area contributed by atoms with Crippen molar-refractivity contribution < 1.29 is 9.53 Å². The van der Waals surface area contributed by atoms with E-state index in [-0.39, 0.29) is 12.1 Å². The summed E-state index contributed by atoms with van der Waals surface area (Å²) in [5.74, 6) is 1.25. The number of fused-ring (bicyclic) bond motifs is 1. The Labute approximate surface area is 145 Å². The molecule has 0 unspecified atom stereocenters. The Balaban J connectivity index is 1.58. The van der Waals surface area contributed by atoms with Crippen LogP contribution in [0.2, 0.25) is 0 Å². The van der Waals surface area contributed by atoms with Gasteiger partial charge < -0.3 is 10.1 Å². The van der Waals surface area contributed by atoms with Crippen LogP contribution in [-0.2, 0) is 11.3 Å². The molecule has 2 aliphatic rings. The molecule has 132 valence electrons. The molecule has 1 aromatic carbocycles. The molecule has 1 aliphatic carbocycles. The van der Waals surface area contributed by atoms with Crippen molar-refractivity contribution in [2.75, 3.05) is 13.1 Å². The molecule has 0 radical (unpaired) electrons. The quantitative estimate of drug-likeness (QED) is 0.916. The van der Waals surface area contributed by atoms with Crippen LogP contribution in [0.5, 0.6) is 0 Å². The lowest BCUT2D eigenvalue weighted by molar-refractivity contribution is 0.0460. The summed E-state index contributed by atoms with van der Waals surface area (Å²) in [5, 5.41) is 3.14. The normalized spacial score (nSPS) is 27.5. The van der Waals surface area contributed by atoms with Crippen LogP contribution in [0.25, 0.3) is 0 Å². The van der Waals surface area contributed by atoms with Gasteiger partial charge >= 0.3 is 6.09 Å². The molecule has 1 aromatic rings. The zero-order chi connectivity index (χ0) is 17.2. The average Bonchev–Trinajstić information content (AvgIpc) is 2.90. The minimum absolute atomic E-state index is 0.249. The number of nitrogens with zero attached hydrogens (tertiary/aromatic N) is 1. The van der Waals surface area contributed by atoms with E-state index in [1.54, 1.807) is 0 Å². The second kappa shape index (κ2) is 7.14. The number of benzene rings is 1. The van der Waals surface area contributed by atoms with E-state index in [1.807, 2.05) is 20.8 Å². The third kappa shape index (κ3) is 4.50. The van der Waals surface area contributed by atoms with Crippen molar-refractivity contribution in [1.82, 2.24) is 10.2 Å². The van der Waals surface area contributed by atoms with Crippen LogP contribution in [0.4, 0.5) is 4.79 Å². The summed E-state index contributed by atoms with van der Waals surface area (Å²) in [4.78, 5) is 14.7. The van der Waals surface area contributed by atoms with Gasteiger partial charge in [0.2, 0.25) is 0 Å². The van der Waals surface area contributed by atoms with Gasteiger partial charge in [-0.1, -0.05) is 36.8 Å². The number of carbonyl (C=O) groups excluding carboxylic acids is 1. The summed E-state index contributed by atoms with van der Waals surface area (Å²) < 4.78 is 5.45. The Morgan fingerprint density at radius 1 is 1.21 bits per heavy atom. The summed E-state index contributed by atoms with van der Waals surface area (Å²) in [5.41, 5.74) is 0.931. The molecule has 4 heteroatoms. The van der Waals surface area contributed by atoms with Crippen molar-refractivity contribution >= 4 is 6.09 Å². The van der Waals surface area contributed by atoms with Gasteiger partial charge in [-0.15, -0.1) is 0 Å². The van der Waals surface area contributed by atoms with Gasteiger partial charge in [-0.25, -0.2) is 4.79 Å². The highest BCUT2D eigenvalue weighted by atomic mass is 16.6. The first-order valence-electron chi connectivity index (χ1n) is 9.16. The minimum atomic E-state index is -0.437. The van der Waals surface area contributed by atoms with E-state index in [4.69, 9.17) is 4.74 Å². The average molecular weight is 330 g/mol. The van der Waals surface area contributed by atoms with Gasteiger partial charge in [0.15, 0.2) is 0 Å². The number of nitrogens with one attached hydrogen (secondary N) is 1. The Kier molecular flexibility index (Phi) is 5.14. The van der Waals surface area contributed by atoms with Crippen molar-refractivity contribution in [3.8, 4) is 0 Å². The maximum absolute atomic E-state index is 12.1. The van der Waals surface area contributed by atoms with Crippen LogP contribution < -0.4 is 5.32 Å². The topological polar surface area (TPSA) is 41.6 Å². The zero-order valence-electron chi connectivity index (χ0n) is 15.1. The van der Waals surface area contributed by atoms with E-state index >= 15 is 0 Å². The molecule has 0 bridgehead atoms. The second-order valence-electron chi connectivity index (χ2n) is 8.29. The fourth-order valence-corrected chi connectivity index (χ4v) is 4.17. The first kappa shape index (κ1) is 17.3. The van der Waals surface area contributed by atoms with E-state index in [0.29, 0.717) is 11.8 Å². The van der Waals surface area contributed by atoms with Crippen molar-refractivity contribution in [2.45, 2.75) is 58.2 Å². The minimum Gasteiger partial charge on any atom is -0.444 e. The molecule has 1 heterocycles. The van der Waals surface area contributed by atoms with Crippen LogP contribution in [0.3, 0.4) is 0 Å².